The standard InChI is InChI=1S/C21H27BrN4O5/c1-23(2)18(27)13-24-7-9-25(10-8-24)20(21(30)31)16-12-26(6-5-19(28)29)17-11-14(22)3-4-15(16)17/h3-4,11-12,20H,5-10,13H2,1-2H3,(H,28,29)(H,30,31). The first-order valence-electron chi connectivity index (χ1n) is 10.1. The van der Waals surface area contributed by atoms with E-state index in [1.54, 1.807) is 25.2 Å². The molecule has 0 spiro atoms. The molecule has 3 rings (SSSR count). The van der Waals surface area contributed by atoms with Crippen LogP contribution < -0.4 is 0 Å². The summed E-state index contributed by atoms with van der Waals surface area (Å²) in [6.07, 6.45) is 1.72. The van der Waals surface area contributed by atoms with Gasteiger partial charge in [-0.15, -0.1) is 0 Å². The lowest BCUT2D eigenvalue weighted by atomic mass is 10.0. The van der Waals surface area contributed by atoms with Crippen LogP contribution in [0.3, 0.4) is 0 Å². The summed E-state index contributed by atoms with van der Waals surface area (Å²) >= 11 is 3.44. The van der Waals surface area contributed by atoms with Gasteiger partial charge in [-0.2, -0.15) is 0 Å². The Morgan fingerprint density at radius 3 is 2.39 bits per heavy atom. The zero-order valence-electron chi connectivity index (χ0n) is 17.6. The monoisotopic (exact) mass is 494 g/mol. The van der Waals surface area contributed by atoms with Crippen LogP contribution in [0.2, 0.25) is 0 Å². The normalized spacial score (nSPS) is 16.4. The van der Waals surface area contributed by atoms with Gasteiger partial charge < -0.3 is 19.7 Å². The van der Waals surface area contributed by atoms with Gasteiger partial charge in [0.2, 0.25) is 5.91 Å². The number of carbonyl (C=O) groups excluding carboxylic acids is 1. The van der Waals surface area contributed by atoms with Crippen LogP contribution in [0.1, 0.15) is 18.0 Å². The molecule has 0 bridgehead atoms. The van der Waals surface area contributed by atoms with Crippen molar-refractivity contribution in [3.63, 3.8) is 0 Å². The van der Waals surface area contributed by atoms with Crippen molar-refractivity contribution in [2.24, 2.45) is 0 Å². The van der Waals surface area contributed by atoms with Gasteiger partial charge in [0.25, 0.3) is 0 Å². The van der Waals surface area contributed by atoms with Gasteiger partial charge in [0, 0.05) is 74.0 Å². The summed E-state index contributed by atoms with van der Waals surface area (Å²) in [4.78, 5) is 40.8. The molecule has 9 nitrogen and oxygen atoms in total. The lowest BCUT2D eigenvalue weighted by Crippen LogP contribution is -2.51. The summed E-state index contributed by atoms with van der Waals surface area (Å²) in [5.41, 5.74) is 1.45. The lowest BCUT2D eigenvalue weighted by Gasteiger charge is -2.37. The average molecular weight is 495 g/mol. The molecule has 1 atom stereocenters. The van der Waals surface area contributed by atoms with E-state index in [0.717, 1.165) is 15.4 Å². The van der Waals surface area contributed by atoms with E-state index in [2.05, 4.69) is 15.9 Å². The van der Waals surface area contributed by atoms with Crippen molar-refractivity contribution >= 4 is 44.7 Å². The molecule has 1 saturated heterocycles. The molecule has 2 heterocycles. The molecule has 1 aliphatic heterocycles. The lowest BCUT2D eigenvalue weighted by molar-refractivity contribution is -0.145. The van der Waals surface area contributed by atoms with E-state index >= 15 is 0 Å². The Morgan fingerprint density at radius 2 is 1.81 bits per heavy atom. The molecule has 2 aromatic rings. The van der Waals surface area contributed by atoms with E-state index in [1.807, 2.05) is 32.6 Å². The van der Waals surface area contributed by atoms with Gasteiger partial charge in [0.05, 0.1) is 13.0 Å². The third kappa shape index (κ3) is 5.44. The molecule has 1 aromatic carbocycles. The van der Waals surface area contributed by atoms with Crippen LogP contribution in [0.4, 0.5) is 0 Å². The molecule has 1 amide bonds. The molecule has 0 saturated carbocycles. The molecule has 10 heteroatoms. The fraction of sp³-hybridized carbons (Fsp3) is 0.476. The van der Waals surface area contributed by atoms with Gasteiger partial charge in [-0.25, -0.2) is 0 Å². The first-order chi connectivity index (χ1) is 14.7. The molecule has 1 unspecified atom stereocenters. The van der Waals surface area contributed by atoms with Crippen LogP contribution in [0.5, 0.6) is 0 Å². The number of benzene rings is 1. The second-order valence-corrected chi connectivity index (χ2v) is 8.84. The van der Waals surface area contributed by atoms with E-state index in [-0.39, 0.29) is 18.9 Å². The van der Waals surface area contributed by atoms with Crippen LogP contribution >= 0.6 is 15.9 Å². The summed E-state index contributed by atoms with van der Waals surface area (Å²) in [6, 6.07) is 4.76. The smallest absolute Gasteiger partial charge is 0.325 e. The number of piperazine rings is 1. The topological polar surface area (TPSA) is 106 Å². The van der Waals surface area contributed by atoms with Crippen molar-refractivity contribution < 1.29 is 24.6 Å². The summed E-state index contributed by atoms with van der Waals surface area (Å²) in [5, 5.41) is 19.9. The number of aromatic nitrogens is 1. The van der Waals surface area contributed by atoms with Gasteiger partial charge in [0.1, 0.15) is 6.04 Å². The minimum absolute atomic E-state index is 0.0234. The van der Waals surface area contributed by atoms with Crippen molar-refractivity contribution in [1.29, 1.82) is 0 Å². The molecule has 0 aliphatic carbocycles. The average Bonchev–Trinajstić information content (AvgIpc) is 3.04. The Bertz CT molecular complexity index is 982. The molecule has 1 aliphatic rings. The van der Waals surface area contributed by atoms with Gasteiger partial charge in [-0.3, -0.25) is 24.2 Å². The van der Waals surface area contributed by atoms with E-state index in [9.17, 15) is 19.5 Å². The van der Waals surface area contributed by atoms with Gasteiger partial charge in [-0.05, 0) is 12.1 Å². The highest BCUT2D eigenvalue weighted by atomic mass is 79.9. The van der Waals surface area contributed by atoms with Crippen molar-refractivity contribution in [1.82, 2.24) is 19.3 Å². The third-order valence-corrected chi connectivity index (χ3v) is 6.09. The molecular formula is C21H27BrN4O5. The second-order valence-electron chi connectivity index (χ2n) is 7.92. The van der Waals surface area contributed by atoms with Crippen LogP contribution in [0.25, 0.3) is 10.9 Å². The Hall–Kier alpha value is -2.43. The Kier molecular flexibility index (Phi) is 7.34. The molecule has 2 N–H and O–H groups in total. The maximum Gasteiger partial charge on any atom is 0.325 e. The number of hydrogen-bond donors (Lipinski definition) is 2. The second kappa shape index (κ2) is 9.80. The summed E-state index contributed by atoms with van der Waals surface area (Å²) in [7, 11) is 3.44. The largest absolute Gasteiger partial charge is 0.481 e. The van der Waals surface area contributed by atoms with E-state index in [0.29, 0.717) is 38.3 Å². The Balaban J connectivity index is 1.86. The van der Waals surface area contributed by atoms with Crippen LogP contribution in [0.15, 0.2) is 28.9 Å². The quantitative estimate of drug-likeness (QED) is 0.575. The summed E-state index contributed by atoms with van der Waals surface area (Å²) in [6.45, 7) is 2.83. The van der Waals surface area contributed by atoms with Crippen LogP contribution in [-0.4, -0.2) is 94.1 Å². The fourth-order valence-corrected chi connectivity index (χ4v) is 4.26. The predicted octanol–water partition coefficient (Wildman–Crippen LogP) is 1.71. The fourth-order valence-electron chi connectivity index (χ4n) is 3.91. The number of hydrogen-bond acceptors (Lipinski definition) is 5. The first kappa shape index (κ1) is 23.2. The van der Waals surface area contributed by atoms with Crippen LogP contribution in [-0.2, 0) is 20.9 Å². The Morgan fingerprint density at radius 1 is 1.13 bits per heavy atom. The number of carbonyl (C=O) groups is 3. The van der Waals surface area contributed by atoms with Crippen molar-refractivity contribution in [3.05, 3.63) is 34.4 Å². The minimum atomic E-state index is -0.946. The van der Waals surface area contributed by atoms with E-state index in [4.69, 9.17) is 5.11 Å². The molecule has 1 fully saturated rings. The molecule has 1 aromatic heterocycles. The molecule has 0 radical (unpaired) electrons. The number of fused-ring (bicyclic) bond motifs is 1. The first-order valence-corrected chi connectivity index (χ1v) is 10.9. The predicted molar refractivity (Wildman–Crippen MR) is 119 cm³/mol. The van der Waals surface area contributed by atoms with Gasteiger partial charge in [0.15, 0.2) is 0 Å². The zero-order valence-corrected chi connectivity index (χ0v) is 19.2. The van der Waals surface area contributed by atoms with Gasteiger partial charge in [-0.1, -0.05) is 22.0 Å². The van der Waals surface area contributed by atoms with Crippen molar-refractivity contribution in [2.75, 3.05) is 46.8 Å². The van der Waals surface area contributed by atoms with Crippen molar-refractivity contribution in [2.45, 2.75) is 19.0 Å². The maximum atomic E-state index is 12.3. The molecule has 31 heavy (non-hydrogen) atoms. The number of carboxylic acid groups (broad SMARTS) is 2. The zero-order chi connectivity index (χ0) is 22.7. The summed E-state index contributed by atoms with van der Waals surface area (Å²) in [5.74, 6) is -1.83. The molecular weight excluding hydrogens is 468 g/mol. The number of amides is 1. The summed E-state index contributed by atoms with van der Waals surface area (Å²) < 4.78 is 2.65. The number of rotatable bonds is 8. The maximum absolute atomic E-state index is 12.3. The number of aryl methyl sites for hydroxylation is 1. The third-order valence-electron chi connectivity index (χ3n) is 5.60. The highest BCUT2D eigenvalue weighted by molar-refractivity contribution is 9.10. The highest BCUT2D eigenvalue weighted by Gasteiger charge is 2.33. The number of halogens is 1. The van der Waals surface area contributed by atoms with Crippen molar-refractivity contribution in [3.8, 4) is 0 Å². The number of likely N-dealkylation sites (N-methyl/N-ethyl adjacent to an activating group) is 1. The number of aliphatic carboxylic acids is 2. The SMILES string of the molecule is CN(C)C(=O)CN1CCN(C(C(=O)O)c2cn(CCC(=O)O)c3cc(Br)ccc23)CC1. The van der Waals surface area contributed by atoms with Gasteiger partial charge >= 0.3 is 11.9 Å². The van der Waals surface area contributed by atoms with E-state index in [1.165, 1.54) is 0 Å². The minimum Gasteiger partial charge on any atom is -0.481 e. The number of carboxylic acids is 2. The number of nitrogens with zero attached hydrogens (tertiary/aromatic N) is 4. The van der Waals surface area contributed by atoms with Crippen LogP contribution in [0, 0.1) is 0 Å². The molecule has 168 valence electrons. The highest BCUT2D eigenvalue weighted by Crippen LogP contribution is 2.33. The Labute approximate surface area is 188 Å². The van der Waals surface area contributed by atoms with E-state index < -0.39 is 18.0 Å².